The van der Waals surface area contributed by atoms with Crippen LogP contribution in [0.3, 0.4) is 0 Å². The Morgan fingerprint density at radius 3 is 2.44 bits per heavy atom. The van der Waals surface area contributed by atoms with E-state index >= 15 is 0 Å². The predicted octanol–water partition coefficient (Wildman–Crippen LogP) is -2.23. The zero-order valence-electron chi connectivity index (χ0n) is 18.8. The molecule has 0 saturated carbocycles. The topological polar surface area (TPSA) is 177 Å². The number of nitrogens with two attached hydrogens (primary N) is 2. The van der Waals surface area contributed by atoms with Crippen LogP contribution < -0.4 is 27.4 Å². The molecular formula is C23H30N6O5. The van der Waals surface area contributed by atoms with Crippen LogP contribution in [0.1, 0.15) is 24.8 Å². The Balaban J connectivity index is 2.14. The van der Waals surface area contributed by atoms with Crippen LogP contribution in [-0.2, 0) is 30.4 Å². The summed E-state index contributed by atoms with van der Waals surface area (Å²) in [5, 5.41) is 7.59. The first kappa shape index (κ1) is 26.3. The molecule has 1 saturated heterocycles. The zero-order chi connectivity index (χ0) is 25.1. The summed E-state index contributed by atoms with van der Waals surface area (Å²) >= 11 is 0. The highest BCUT2D eigenvalue weighted by molar-refractivity contribution is 5.95. The van der Waals surface area contributed by atoms with Crippen molar-refractivity contribution in [1.29, 1.82) is 0 Å². The molecule has 1 aliphatic rings. The maximum atomic E-state index is 13.1. The van der Waals surface area contributed by atoms with Crippen molar-refractivity contribution in [1.82, 2.24) is 20.9 Å². The molecule has 3 atom stereocenters. The molecule has 0 spiro atoms. The Kier molecular flexibility index (Phi) is 10.0. The van der Waals surface area contributed by atoms with Crippen LogP contribution in [0, 0.1) is 12.3 Å². The number of hydrogen-bond acceptors (Lipinski definition) is 6. The summed E-state index contributed by atoms with van der Waals surface area (Å²) in [7, 11) is 0. The molecule has 1 aromatic carbocycles. The largest absolute Gasteiger partial charge is 0.368 e. The van der Waals surface area contributed by atoms with Crippen LogP contribution in [0.25, 0.3) is 0 Å². The van der Waals surface area contributed by atoms with Gasteiger partial charge in [0.25, 0.3) is 0 Å². The summed E-state index contributed by atoms with van der Waals surface area (Å²) in [5.41, 5.74) is 11.3. The van der Waals surface area contributed by atoms with Gasteiger partial charge in [0, 0.05) is 19.4 Å². The molecule has 0 bridgehead atoms. The van der Waals surface area contributed by atoms with Crippen LogP contribution in [-0.4, -0.2) is 72.2 Å². The van der Waals surface area contributed by atoms with Gasteiger partial charge in [0.15, 0.2) is 0 Å². The summed E-state index contributed by atoms with van der Waals surface area (Å²) in [6.07, 6.45) is 6.31. The fraction of sp³-hybridized carbons (Fsp3) is 0.435. The Labute approximate surface area is 198 Å². The molecule has 1 aromatic rings. The summed E-state index contributed by atoms with van der Waals surface area (Å²) < 4.78 is 0. The van der Waals surface area contributed by atoms with Crippen molar-refractivity contribution in [2.45, 2.75) is 43.8 Å². The van der Waals surface area contributed by atoms with Crippen LogP contribution in [0.5, 0.6) is 0 Å². The van der Waals surface area contributed by atoms with Crippen molar-refractivity contribution in [3.8, 4) is 12.3 Å². The molecule has 0 radical (unpaired) electrons. The number of primary amides is 1. The summed E-state index contributed by atoms with van der Waals surface area (Å²) in [5.74, 6) is -0.547. The number of nitrogens with one attached hydrogen (secondary N) is 3. The minimum Gasteiger partial charge on any atom is -0.368 e. The van der Waals surface area contributed by atoms with Crippen molar-refractivity contribution in [3.05, 3.63) is 35.9 Å². The third kappa shape index (κ3) is 7.60. The lowest BCUT2D eigenvalue weighted by Gasteiger charge is -2.27. The molecule has 11 heteroatoms. The molecule has 1 heterocycles. The number of benzene rings is 1. The molecule has 1 aliphatic heterocycles. The Morgan fingerprint density at radius 2 is 1.82 bits per heavy atom. The van der Waals surface area contributed by atoms with Gasteiger partial charge in [-0.25, -0.2) is 0 Å². The lowest BCUT2D eigenvalue weighted by Crippen LogP contribution is -2.57. The number of terminal acetylenes is 1. The van der Waals surface area contributed by atoms with E-state index in [0.29, 0.717) is 19.4 Å². The molecule has 0 aliphatic carbocycles. The van der Waals surface area contributed by atoms with E-state index in [0.717, 1.165) is 5.56 Å². The average Bonchev–Trinajstić information content (AvgIpc) is 3.32. The van der Waals surface area contributed by atoms with Crippen molar-refractivity contribution in [3.63, 3.8) is 0 Å². The van der Waals surface area contributed by atoms with Crippen molar-refractivity contribution >= 4 is 29.5 Å². The lowest BCUT2D eigenvalue weighted by molar-refractivity contribution is -0.139. The van der Waals surface area contributed by atoms with Gasteiger partial charge in [-0.1, -0.05) is 30.3 Å². The van der Waals surface area contributed by atoms with E-state index < -0.39 is 47.7 Å². The smallest absolute Gasteiger partial charge is 0.243 e. The number of likely N-dealkylation sites (tertiary alicyclic amines) is 1. The normalized spacial score (nSPS) is 16.6. The standard InChI is InChI=1S/C23H30N6O5/c1-2-7-16(21(25)32)27-22(33)17(12-15-8-4-3-5-9-15)28-23(34)18-10-6-11-29(18)20(31)14-26-19(30)13-24/h1,3-5,8-9,16-18H,6-7,10-14,24H2,(H2,25,32)(H,26,30)(H,27,33)(H,28,34). The highest BCUT2D eigenvalue weighted by atomic mass is 16.2. The molecule has 7 N–H and O–H groups in total. The second-order valence-electron chi connectivity index (χ2n) is 7.85. The van der Waals surface area contributed by atoms with E-state index in [1.54, 1.807) is 24.3 Å². The van der Waals surface area contributed by atoms with E-state index in [-0.39, 0.29) is 25.9 Å². The number of carbonyl (C=O) groups is 5. The number of amides is 5. The van der Waals surface area contributed by atoms with Crippen LogP contribution in [0.2, 0.25) is 0 Å². The van der Waals surface area contributed by atoms with Gasteiger partial charge in [0.05, 0.1) is 13.1 Å². The van der Waals surface area contributed by atoms with Crippen molar-refractivity contribution in [2.75, 3.05) is 19.6 Å². The highest BCUT2D eigenvalue weighted by Crippen LogP contribution is 2.18. The quantitative estimate of drug-likeness (QED) is 0.229. The van der Waals surface area contributed by atoms with Gasteiger partial charge >= 0.3 is 0 Å². The molecule has 0 aromatic heterocycles. The Bertz CT molecular complexity index is 945. The molecule has 2 rings (SSSR count). The zero-order valence-corrected chi connectivity index (χ0v) is 18.8. The molecule has 5 amide bonds. The molecule has 34 heavy (non-hydrogen) atoms. The Hall–Kier alpha value is -3.91. The molecular weight excluding hydrogens is 440 g/mol. The third-order valence-corrected chi connectivity index (χ3v) is 5.40. The molecule has 1 fully saturated rings. The Morgan fingerprint density at radius 1 is 1.12 bits per heavy atom. The summed E-state index contributed by atoms with van der Waals surface area (Å²) in [6, 6.07) is 6.08. The first-order valence-electron chi connectivity index (χ1n) is 10.9. The van der Waals surface area contributed by atoms with Gasteiger partial charge in [-0.05, 0) is 18.4 Å². The van der Waals surface area contributed by atoms with E-state index in [9.17, 15) is 24.0 Å². The molecule has 11 nitrogen and oxygen atoms in total. The second kappa shape index (κ2) is 13.0. The van der Waals surface area contributed by atoms with Crippen LogP contribution >= 0.6 is 0 Å². The predicted molar refractivity (Wildman–Crippen MR) is 123 cm³/mol. The summed E-state index contributed by atoms with van der Waals surface area (Å²) in [4.78, 5) is 62.9. The van der Waals surface area contributed by atoms with Gasteiger partial charge < -0.3 is 32.3 Å². The van der Waals surface area contributed by atoms with Gasteiger partial charge in [0.2, 0.25) is 29.5 Å². The molecule has 182 valence electrons. The van der Waals surface area contributed by atoms with Crippen LogP contribution in [0.15, 0.2) is 30.3 Å². The lowest BCUT2D eigenvalue weighted by atomic mass is 10.0. The number of rotatable bonds is 11. The van der Waals surface area contributed by atoms with E-state index in [1.165, 1.54) is 4.90 Å². The number of hydrogen-bond donors (Lipinski definition) is 5. The molecule has 3 unspecified atom stereocenters. The highest BCUT2D eigenvalue weighted by Gasteiger charge is 2.36. The fourth-order valence-corrected chi connectivity index (χ4v) is 3.63. The number of carbonyl (C=O) groups excluding carboxylic acids is 5. The summed E-state index contributed by atoms with van der Waals surface area (Å²) in [6.45, 7) is -0.184. The minimum atomic E-state index is -1.08. The van der Waals surface area contributed by atoms with E-state index in [4.69, 9.17) is 17.9 Å². The van der Waals surface area contributed by atoms with E-state index in [1.807, 2.05) is 6.07 Å². The van der Waals surface area contributed by atoms with Crippen LogP contribution in [0.4, 0.5) is 0 Å². The number of nitrogens with zero attached hydrogens (tertiary/aromatic N) is 1. The van der Waals surface area contributed by atoms with Gasteiger partial charge in [0.1, 0.15) is 18.1 Å². The maximum absolute atomic E-state index is 13.1. The minimum absolute atomic E-state index is 0.0908. The van der Waals surface area contributed by atoms with Crippen molar-refractivity contribution < 1.29 is 24.0 Å². The monoisotopic (exact) mass is 470 g/mol. The van der Waals surface area contributed by atoms with Gasteiger partial charge in [-0.2, -0.15) is 0 Å². The van der Waals surface area contributed by atoms with Crippen molar-refractivity contribution in [2.24, 2.45) is 11.5 Å². The third-order valence-electron chi connectivity index (χ3n) is 5.40. The van der Waals surface area contributed by atoms with E-state index in [2.05, 4.69) is 21.9 Å². The average molecular weight is 471 g/mol. The first-order valence-corrected chi connectivity index (χ1v) is 10.9. The fourth-order valence-electron chi connectivity index (χ4n) is 3.63. The maximum Gasteiger partial charge on any atom is 0.243 e. The van der Waals surface area contributed by atoms with Gasteiger partial charge in [-0.3, -0.25) is 24.0 Å². The first-order chi connectivity index (χ1) is 16.3. The van der Waals surface area contributed by atoms with Gasteiger partial charge in [-0.15, -0.1) is 12.3 Å². The SMILES string of the molecule is C#CCC(NC(=O)C(Cc1ccccc1)NC(=O)C1CCCN1C(=O)CNC(=O)CN)C(N)=O. The second-order valence-corrected chi connectivity index (χ2v) is 7.85.